The first-order valence-corrected chi connectivity index (χ1v) is 34.7. The van der Waals surface area contributed by atoms with Crippen molar-refractivity contribution in [2.24, 2.45) is 0 Å². The standard InChI is InChI=1S/C77H128O6/c1-4-7-10-13-16-19-22-25-27-29-31-33-35-36-37-38-39-40-42-43-45-47-49-52-55-58-61-64-67-70-76(79)82-73-74(72-81-75(78)69-66-63-60-57-54-51-24-21-18-15-12-9-6-3)83-77(80)71-68-65-62-59-56-53-50-48-46-44-41-34-32-30-28-26-23-20-17-14-11-8-5-2/h7,10,16,19,21,23-27,30-33,36-37,39-41,43-45,74H,4-6,8-9,11-15,17-18,20,22,28-29,34-35,38,42,46-73H2,1-3H3/b10-7-,19-16-,24-21-,26-23-,27-25-,32-30-,33-31-,37-36-,40-39-,44-41-,45-43-. The predicted octanol–water partition coefficient (Wildman–Crippen LogP) is 24.1. The Kier molecular flexibility index (Phi) is 66.3. The Morgan fingerprint density at radius 1 is 0.253 bits per heavy atom. The van der Waals surface area contributed by atoms with Crippen LogP contribution in [0.25, 0.3) is 0 Å². The van der Waals surface area contributed by atoms with Gasteiger partial charge in [0.15, 0.2) is 6.10 Å². The molecule has 6 heteroatoms. The second kappa shape index (κ2) is 70.0. The molecule has 0 heterocycles. The van der Waals surface area contributed by atoms with Crippen LogP contribution in [0.5, 0.6) is 0 Å². The molecule has 472 valence electrons. The molecule has 0 saturated carbocycles. The molecule has 0 radical (unpaired) electrons. The average molecular weight is 1150 g/mol. The van der Waals surface area contributed by atoms with E-state index in [1.54, 1.807) is 0 Å². The Hall–Kier alpha value is -4.45. The molecule has 0 aliphatic heterocycles. The van der Waals surface area contributed by atoms with Crippen LogP contribution in [0, 0.1) is 0 Å². The lowest BCUT2D eigenvalue weighted by molar-refractivity contribution is -0.167. The van der Waals surface area contributed by atoms with Crippen molar-refractivity contribution in [2.45, 2.75) is 322 Å². The van der Waals surface area contributed by atoms with Gasteiger partial charge in [0.2, 0.25) is 0 Å². The molecule has 1 atom stereocenters. The maximum absolute atomic E-state index is 12.9. The van der Waals surface area contributed by atoms with Gasteiger partial charge in [-0.2, -0.15) is 0 Å². The van der Waals surface area contributed by atoms with Crippen LogP contribution in [-0.2, 0) is 28.6 Å². The zero-order valence-corrected chi connectivity index (χ0v) is 54.2. The van der Waals surface area contributed by atoms with E-state index < -0.39 is 6.10 Å². The lowest BCUT2D eigenvalue weighted by Gasteiger charge is -2.18. The Labute approximate surface area is 513 Å². The third-order valence-electron chi connectivity index (χ3n) is 14.6. The third kappa shape index (κ3) is 68.2. The maximum atomic E-state index is 12.9. The Balaban J connectivity index is 4.37. The highest BCUT2D eigenvalue weighted by molar-refractivity contribution is 5.71. The van der Waals surface area contributed by atoms with Crippen molar-refractivity contribution >= 4 is 17.9 Å². The molecule has 0 aliphatic carbocycles. The fourth-order valence-electron chi connectivity index (χ4n) is 9.43. The van der Waals surface area contributed by atoms with Gasteiger partial charge in [0.1, 0.15) is 13.2 Å². The molecule has 0 bridgehead atoms. The average Bonchev–Trinajstić information content (AvgIpc) is 3.49. The van der Waals surface area contributed by atoms with Gasteiger partial charge in [0.05, 0.1) is 0 Å². The summed E-state index contributed by atoms with van der Waals surface area (Å²) in [5.41, 5.74) is 0. The highest BCUT2D eigenvalue weighted by Crippen LogP contribution is 2.15. The summed E-state index contributed by atoms with van der Waals surface area (Å²) in [5.74, 6) is -0.912. The summed E-state index contributed by atoms with van der Waals surface area (Å²) in [4.78, 5) is 38.4. The van der Waals surface area contributed by atoms with E-state index in [9.17, 15) is 14.4 Å². The van der Waals surface area contributed by atoms with E-state index >= 15 is 0 Å². The summed E-state index contributed by atoms with van der Waals surface area (Å²) in [6.07, 6.45) is 98.9. The lowest BCUT2D eigenvalue weighted by Crippen LogP contribution is -2.30. The molecular formula is C77H128O6. The zero-order valence-electron chi connectivity index (χ0n) is 54.2. The zero-order chi connectivity index (χ0) is 59.9. The van der Waals surface area contributed by atoms with E-state index in [-0.39, 0.29) is 31.1 Å². The second-order valence-corrected chi connectivity index (χ2v) is 22.7. The molecule has 0 aromatic heterocycles. The Bertz CT molecular complexity index is 1750. The summed E-state index contributed by atoms with van der Waals surface area (Å²) in [5, 5.41) is 0. The van der Waals surface area contributed by atoms with Crippen LogP contribution in [0.2, 0.25) is 0 Å². The molecule has 0 aliphatic rings. The topological polar surface area (TPSA) is 78.9 Å². The predicted molar refractivity (Wildman–Crippen MR) is 362 cm³/mol. The molecule has 0 amide bonds. The van der Waals surface area contributed by atoms with Gasteiger partial charge >= 0.3 is 17.9 Å². The third-order valence-corrected chi connectivity index (χ3v) is 14.6. The monoisotopic (exact) mass is 1150 g/mol. The van der Waals surface area contributed by atoms with Crippen LogP contribution >= 0.6 is 0 Å². The molecule has 0 saturated heterocycles. The van der Waals surface area contributed by atoms with E-state index in [2.05, 4.69) is 154 Å². The number of unbranched alkanes of at least 4 members (excludes halogenated alkanes) is 29. The van der Waals surface area contributed by atoms with Gasteiger partial charge in [-0.1, -0.05) is 289 Å². The molecule has 0 N–H and O–H groups in total. The number of ether oxygens (including phenoxy) is 3. The smallest absolute Gasteiger partial charge is 0.306 e. The van der Waals surface area contributed by atoms with Crippen LogP contribution in [-0.4, -0.2) is 37.2 Å². The first kappa shape index (κ1) is 78.5. The number of rotatable bonds is 62. The number of hydrogen-bond donors (Lipinski definition) is 0. The summed E-state index contributed by atoms with van der Waals surface area (Å²) in [6, 6.07) is 0. The minimum absolute atomic E-state index is 0.0913. The van der Waals surface area contributed by atoms with Crippen molar-refractivity contribution in [1.29, 1.82) is 0 Å². The van der Waals surface area contributed by atoms with Gasteiger partial charge in [-0.15, -0.1) is 0 Å². The van der Waals surface area contributed by atoms with Crippen LogP contribution in [0.4, 0.5) is 0 Å². The number of carbonyl (C=O) groups is 3. The fraction of sp³-hybridized carbons (Fsp3) is 0.675. The van der Waals surface area contributed by atoms with Crippen molar-refractivity contribution in [3.63, 3.8) is 0 Å². The lowest BCUT2D eigenvalue weighted by atomic mass is 10.1. The molecule has 0 spiro atoms. The first-order chi connectivity index (χ1) is 41.0. The van der Waals surface area contributed by atoms with Crippen molar-refractivity contribution in [1.82, 2.24) is 0 Å². The van der Waals surface area contributed by atoms with Crippen molar-refractivity contribution in [3.05, 3.63) is 134 Å². The van der Waals surface area contributed by atoms with Gasteiger partial charge in [0, 0.05) is 19.3 Å². The van der Waals surface area contributed by atoms with Gasteiger partial charge < -0.3 is 14.2 Å². The van der Waals surface area contributed by atoms with E-state index in [1.165, 1.54) is 141 Å². The van der Waals surface area contributed by atoms with Crippen LogP contribution in [0.1, 0.15) is 316 Å². The molecule has 0 rings (SSSR count). The summed E-state index contributed by atoms with van der Waals surface area (Å²) >= 11 is 0. The van der Waals surface area contributed by atoms with E-state index in [0.29, 0.717) is 19.3 Å². The summed E-state index contributed by atoms with van der Waals surface area (Å²) in [6.45, 7) is 6.49. The van der Waals surface area contributed by atoms with Crippen molar-refractivity contribution in [2.75, 3.05) is 13.2 Å². The quantitative estimate of drug-likeness (QED) is 0.0261. The molecule has 6 nitrogen and oxygen atoms in total. The SMILES string of the molecule is CC/C=C\C/C=C\C/C=C\C/C=C\C/C=C\C/C=C\C/C=C\CCCCCCCCCC(=O)OCC(COC(=O)CCCCCCC/C=C\CCCCCC)OC(=O)CCCCCCCCCC/C=C\C/C=C\C/C=C\CCCCCCC. The summed E-state index contributed by atoms with van der Waals surface area (Å²) < 4.78 is 16.9. The summed E-state index contributed by atoms with van der Waals surface area (Å²) in [7, 11) is 0. The van der Waals surface area contributed by atoms with Crippen LogP contribution < -0.4 is 0 Å². The van der Waals surface area contributed by atoms with E-state index in [1.807, 2.05) is 0 Å². The number of hydrogen-bond acceptors (Lipinski definition) is 6. The fourth-order valence-corrected chi connectivity index (χ4v) is 9.43. The van der Waals surface area contributed by atoms with Gasteiger partial charge in [0.25, 0.3) is 0 Å². The van der Waals surface area contributed by atoms with Crippen LogP contribution in [0.3, 0.4) is 0 Å². The van der Waals surface area contributed by atoms with E-state index in [4.69, 9.17) is 14.2 Å². The number of allylic oxidation sites excluding steroid dienone is 22. The molecule has 0 aromatic carbocycles. The molecule has 83 heavy (non-hydrogen) atoms. The second-order valence-electron chi connectivity index (χ2n) is 22.7. The normalized spacial score (nSPS) is 13.0. The molecular weight excluding hydrogens is 1020 g/mol. The number of carbonyl (C=O) groups excluding carboxylic acids is 3. The van der Waals surface area contributed by atoms with Gasteiger partial charge in [-0.3, -0.25) is 14.4 Å². The van der Waals surface area contributed by atoms with Gasteiger partial charge in [-0.05, 0) is 141 Å². The van der Waals surface area contributed by atoms with Crippen molar-refractivity contribution < 1.29 is 28.6 Å². The highest BCUT2D eigenvalue weighted by Gasteiger charge is 2.19. The molecule has 1 unspecified atom stereocenters. The molecule has 0 aromatic rings. The molecule has 0 fully saturated rings. The minimum Gasteiger partial charge on any atom is -0.462 e. The van der Waals surface area contributed by atoms with E-state index in [0.717, 1.165) is 135 Å². The van der Waals surface area contributed by atoms with Crippen LogP contribution in [0.15, 0.2) is 134 Å². The Morgan fingerprint density at radius 2 is 0.470 bits per heavy atom. The highest BCUT2D eigenvalue weighted by atomic mass is 16.6. The van der Waals surface area contributed by atoms with Gasteiger partial charge in [-0.25, -0.2) is 0 Å². The number of esters is 3. The first-order valence-electron chi connectivity index (χ1n) is 34.7. The minimum atomic E-state index is -0.796. The Morgan fingerprint density at radius 3 is 0.759 bits per heavy atom. The van der Waals surface area contributed by atoms with Crippen molar-refractivity contribution in [3.8, 4) is 0 Å². The maximum Gasteiger partial charge on any atom is 0.306 e. The largest absolute Gasteiger partial charge is 0.462 e.